The highest BCUT2D eigenvalue weighted by Crippen LogP contribution is 2.36. The van der Waals surface area contributed by atoms with Crippen LogP contribution >= 0.6 is 0 Å². The number of H-pyrrole nitrogens is 1. The normalized spacial score (nSPS) is 37.6. The van der Waals surface area contributed by atoms with Gasteiger partial charge in [0.05, 0.1) is 13.0 Å². The van der Waals surface area contributed by atoms with E-state index in [-0.39, 0.29) is 6.42 Å². The number of aromatic nitrogens is 1. The Bertz CT molecular complexity index is 1020. The van der Waals surface area contributed by atoms with Crippen molar-refractivity contribution in [3.05, 3.63) is 36.0 Å². The first-order chi connectivity index (χ1) is 16.7. The number of ether oxygens (including phenoxy) is 4. The van der Waals surface area contributed by atoms with E-state index in [0.29, 0.717) is 5.56 Å². The number of aromatic amines is 1. The van der Waals surface area contributed by atoms with Crippen molar-refractivity contribution in [1.82, 2.24) is 4.98 Å². The maximum Gasteiger partial charge on any atom is 0.310 e. The molecule has 1 aromatic carbocycles. The summed E-state index contributed by atoms with van der Waals surface area (Å²) in [5.41, 5.74) is 1.54. The molecule has 2 fully saturated rings. The van der Waals surface area contributed by atoms with Crippen molar-refractivity contribution < 1.29 is 59.5 Å². The lowest BCUT2D eigenvalue weighted by Crippen LogP contribution is -2.62. The van der Waals surface area contributed by atoms with Gasteiger partial charge in [0.1, 0.15) is 55.9 Å². The van der Waals surface area contributed by atoms with Crippen LogP contribution in [0, 0.1) is 0 Å². The van der Waals surface area contributed by atoms with Gasteiger partial charge in [0.15, 0.2) is 6.29 Å². The summed E-state index contributed by atoms with van der Waals surface area (Å²) < 4.78 is 21.4. The van der Waals surface area contributed by atoms with Gasteiger partial charge in [-0.1, -0.05) is 18.2 Å². The average Bonchev–Trinajstić information content (AvgIpc) is 3.37. The number of fused-ring (bicyclic) bond motifs is 1. The Morgan fingerprint density at radius 2 is 1.74 bits per heavy atom. The Morgan fingerprint density at radius 1 is 1.00 bits per heavy atom. The Balaban J connectivity index is 1.40. The van der Waals surface area contributed by atoms with Crippen molar-refractivity contribution in [2.24, 2.45) is 0 Å². The van der Waals surface area contributed by atoms with Gasteiger partial charge in [-0.3, -0.25) is 4.79 Å². The number of para-hydroxylation sites is 1. The molecule has 8 N–H and O–H groups in total. The van der Waals surface area contributed by atoms with Crippen LogP contribution in [0.15, 0.2) is 30.5 Å². The second kappa shape index (κ2) is 10.4. The fourth-order valence-corrected chi connectivity index (χ4v) is 4.28. The number of hydrogen-bond acceptors (Lipinski definition) is 12. The van der Waals surface area contributed by atoms with Crippen LogP contribution in [0.3, 0.4) is 0 Å². The van der Waals surface area contributed by atoms with Crippen molar-refractivity contribution in [3.63, 3.8) is 0 Å². The highest BCUT2D eigenvalue weighted by atomic mass is 16.8. The Hall–Kier alpha value is -2.17. The maximum atomic E-state index is 12.4. The number of aliphatic hydroxyl groups is 7. The predicted octanol–water partition coefficient (Wildman–Crippen LogP) is -3.12. The summed E-state index contributed by atoms with van der Waals surface area (Å²) >= 11 is 0. The number of aliphatic hydroxyl groups excluding tert-OH is 7. The lowest BCUT2D eigenvalue weighted by Gasteiger charge is -2.43. The molecule has 13 heteroatoms. The molecule has 194 valence electrons. The Labute approximate surface area is 199 Å². The van der Waals surface area contributed by atoms with Crippen LogP contribution in [0.5, 0.6) is 0 Å². The second-order valence-electron chi connectivity index (χ2n) is 8.60. The molecule has 0 bridgehead atoms. The molecule has 2 aliphatic rings. The molecule has 13 nitrogen and oxygen atoms in total. The number of nitrogens with one attached hydrogen (secondary N) is 1. The van der Waals surface area contributed by atoms with E-state index in [2.05, 4.69) is 4.98 Å². The lowest BCUT2D eigenvalue weighted by molar-refractivity contribution is -0.383. The minimum absolute atomic E-state index is 0.0774. The number of carbonyl (C=O) groups excluding carboxylic acids is 1. The van der Waals surface area contributed by atoms with Crippen molar-refractivity contribution in [1.29, 1.82) is 0 Å². The average molecular weight is 499 g/mol. The molecule has 2 aliphatic heterocycles. The summed E-state index contributed by atoms with van der Waals surface area (Å²) in [6.07, 6.45) is -11.6. The van der Waals surface area contributed by atoms with Crippen molar-refractivity contribution in [2.45, 2.75) is 61.2 Å². The molecule has 0 saturated carbocycles. The van der Waals surface area contributed by atoms with Gasteiger partial charge in [-0.15, -0.1) is 0 Å². The van der Waals surface area contributed by atoms with E-state index in [1.807, 2.05) is 24.3 Å². The Morgan fingerprint density at radius 3 is 2.43 bits per heavy atom. The summed E-state index contributed by atoms with van der Waals surface area (Å²) in [6, 6.07) is 7.38. The van der Waals surface area contributed by atoms with Gasteiger partial charge in [-0.05, 0) is 11.6 Å². The van der Waals surface area contributed by atoms with Crippen LogP contribution in [0.25, 0.3) is 10.9 Å². The quantitative estimate of drug-likeness (QED) is 0.170. The molecule has 0 aliphatic carbocycles. The summed E-state index contributed by atoms with van der Waals surface area (Å²) in [6.45, 7) is -2.21. The third-order valence-corrected chi connectivity index (χ3v) is 6.31. The Kier molecular flexibility index (Phi) is 7.73. The molecule has 9 atom stereocenters. The van der Waals surface area contributed by atoms with Gasteiger partial charge in [-0.2, -0.15) is 0 Å². The molecular formula is C22H29NO12. The third kappa shape index (κ3) is 4.93. The fraction of sp³-hybridized carbons (Fsp3) is 0.591. The zero-order valence-corrected chi connectivity index (χ0v) is 18.5. The smallest absolute Gasteiger partial charge is 0.310 e. The highest BCUT2D eigenvalue weighted by Gasteiger charge is 2.58. The van der Waals surface area contributed by atoms with Gasteiger partial charge in [-0.25, -0.2) is 0 Å². The molecule has 35 heavy (non-hydrogen) atoms. The maximum absolute atomic E-state index is 12.4. The monoisotopic (exact) mass is 499 g/mol. The van der Waals surface area contributed by atoms with Crippen molar-refractivity contribution in [3.8, 4) is 0 Å². The van der Waals surface area contributed by atoms with Gasteiger partial charge in [0, 0.05) is 17.1 Å². The summed E-state index contributed by atoms with van der Waals surface area (Å²) in [7, 11) is 0. The molecule has 2 aromatic rings. The van der Waals surface area contributed by atoms with Crippen LogP contribution in [0.4, 0.5) is 0 Å². The van der Waals surface area contributed by atoms with Gasteiger partial charge < -0.3 is 59.7 Å². The van der Waals surface area contributed by atoms with E-state index in [4.69, 9.17) is 18.9 Å². The molecule has 9 unspecified atom stereocenters. The zero-order valence-electron chi connectivity index (χ0n) is 18.5. The first kappa shape index (κ1) is 25.9. The van der Waals surface area contributed by atoms with E-state index < -0.39 is 80.6 Å². The number of hydrogen-bond donors (Lipinski definition) is 8. The van der Waals surface area contributed by atoms with E-state index in [1.54, 1.807) is 6.20 Å². The van der Waals surface area contributed by atoms with Crippen LogP contribution in [-0.2, 0) is 30.2 Å². The van der Waals surface area contributed by atoms with E-state index >= 15 is 0 Å². The number of rotatable bonds is 8. The fourth-order valence-electron chi connectivity index (χ4n) is 4.28. The van der Waals surface area contributed by atoms with Crippen LogP contribution in [-0.4, -0.2) is 121 Å². The van der Waals surface area contributed by atoms with Gasteiger partial charge >= 0.3 is 5.97 Å². The minimum atomic E-state index is -2.29. The number of esters is 1. The summed E-state index contributed by atoms with van der Waals surface area (Å²) in [5, 5.41) is 71.1. The standard InChI is InChI=1S/C22H29NO12/c24-7-13-17(28)20(31)22(9-25,34-13)35-21-19(30)18(29)16(27)14(33-21)8-32-15(26)5-10-6-23-12-4-2-1-3-11(10)12/h1-4,6,13-14,16-21,23-25,27-31H,5,7-9H2. The number of benzene rings is 1. The molecular weight excluding hydrogens is 470 g/mol. The summed E-state index contributed by atoms with van der Waals surface area (Å²) in [4.78, 5) is 15.4. The molecule has 0 radical (unpaired) electrons. The second-order valence-corrected chi connectivity index (χ2v) is 8.60. The molecule has 0 spiro atoms. The van der Waals surface area contributed by atoms with Gasteiger partial charge in [0.25, 0.3) is 0 Å². The first-order valence-electron chi connectivity index (χ1n) is 11.0. The van der Waals surface area contributed by atoms with Crippen LogP contribution < -0.4 is 0 Å². The zero-order chi connectivity index (χ0) is 25.3. The number of carbonyl (C=O) groups is 1. The summed E-state index contributed by atoms with van der Waals surface area (Å²) in [5.74, 6) is -2.93. The van der Waals surface area contributed by atoms with Crippen molar-refractivity contribution >= 4 is 16.9 Å². The van der Waals surface area contributed by atoms with Crippen LogP contribution in [0.1, 0.15) is 5.56 Å². The van der Waals surface area contributed by atoms with E-state index in [1.165, 1.54) is 0 Å². The molecule has 3 heterocycles. The van der Waals surface area contributed by atoms with Crippen molar-refractivity contribution in [2.75, 3.05) is 19.8 Å². The van der Waals surface area contributed by atoms with E-state index in [0.717, 1.165) is 10.9 Å². The molecule has 4 rings (SSSR count). The molecule has 1 aromatic heterocycles. The third-order valence-electron chi connectivity index (χ3n) is 6.31. The van der Waals surface area contributed by atoms with Gasteiger partial charge in [0.2, 0.25) is 5.79 Å². The molecule has 2 saturated heterocycles. The topological polar surface area (TPSA) is 211 Å². The minimum Gasteiger partial charge on any atom is -0.463 e. The SMILES string of the molecule is O=C(Cc1c[nH]c2ccccc12)OCC1OC(OC2(CO)OC(CO)C(O)C2O)C(O)C(O)C1O. The first-order valence-corrected chi connectivity index (χ1v) is 11.0. The van der Waals surface area contributed by atoms with E-state index in [9.17, 15) is 40.5 Å². The lowest BCUT2D eigenvalue weighted by atomic mass is 9.99. The molecule has 0 amide bonds. The highest BCUT2D eigenvalue weighted by molar-refractivity contribution is 5.87. The van der Waals surface area contributed by atoms with Crippen LogP contribution in [0.2, 0.25) is 0 Å². The predicted molar refractivity (Wildman–Crippen MR) is 115 cm³/mol. The largest absolute Gasteiger partial charge is 0.463 e.